The number of hydrogen-bond donors (Lipinski definition) is 3. The van der Waals surface area contributed by atoms with Crippen molar-refractivity contribution >= 4 is 5.91 Å². The summed E-state index contributed by atoms with van der Waals surface area (Å²) in [5.41, 5.74) is 2.76. The molecule has 1 amide bonds. The maximum atomic E-state index is 11.9. The van der Waals surface area contributed by atoms with Gasteiger partial charge in [-0.05, 0) is 36.9 Å². The van der Waals surface area contributed by atoms with Crippen molar-refractivity contribution in [3.05, 3.63) is 35.4 Å². The maximum absolute atomic E-state index is 11.9. The molecule has 0 bridgehead atoms. The second-order valence-corrected chi connectivity index (χ2v) is 6.71. The molecule has 2 atom stereocenters. The van der Waals surface area contributed by atoms with E-state index in [1.807, 2.05) is 0 Å². The third-order valence-electron chi connectivity index (χ3n) is 4.81. The van der Waals surface area contributed by atoms with Crippen molar-refractivity contribution in [3.8, 4) is 0 Å². The van der Waals surface area contributed by atoms with Gasteiger partial charge < -0.3 is 15.7 Å². The molecule has 1 aromatic carbocycles. The molecule has 23 heavy (non-hydrogen) atoms. The van der Waals surface area contributed by atoms with Gasteiger partial charge >= 0.3 is 0 Å². The van der Waals surface area contributed by atoms with E-state index >= 15 is 0 Å². The van der Waals surface area contributed by atoms with Gasteiger partial charge in [-0.1, -0.05) is 24.3 Å². The number of amides is 1. The van der Waals surface area contributed by atoms with Crippen molar-refractivity contribution in [2.75, 3.05) is 26.2 Å². The average Bonchev–Trinajstić information content (AvgIpc) is 3.06. The van der Waals surface area contributed by atoms with Crippen molar-refractivity contribution < 1.29 is 9.90 Å². The number of β-amino-alcohol motifs (C(OH)–C–C–N with tert-alkyl or cyclic N) is 1. The van der Waals surface area contributed by atoms with Crippen LogP contribution in [0.3, 0.4) is 0 Å². The number of carbonyl (C=O) groups is 1. The fourth-order valence-corrected chi connectivity index (χ4v) is 3.53. The minimum atomic E-state index is -0.513. The average molecular weight is 317 g/mol. The van der Waals surface area contributed by atoms with Crippen LogP contribution in [0.1, 0.15) is 30.4 Å². The van der Waals surface area contributed by atoms with Crippen LogP contribution < -0.4 is 10.6 Å². The van der Waals surface area contributed by atoms with E-state index in [0.717, 1.165) is 38.9 Å². The van der Waals surface area contributed by atoms with Crippen LogP contribution in [0.25, 0.3) is 0 Å². The first-order chi connectivity index (χ1) is 11.2. The van der Waals surface area contributed by atoms with Crippen molar-refractivity contribution in [2.45, 2.75) is 44.4 Å². The molecule has 2 heterocycles. The summed E-state index contributed by atoms with van der Waals surface area (Å²) in [5, 5.41) is 16.4. The van der Waals surface area contributed by atoms with Crippen LogP contribution in [-0.4, -0.2) is 54.2 Å². The summed E-state index contributed by atoms with van der Waals surface area (Å²) in [6, 6.07) is 8.80. The Labute approximate surface area is 138 Å². The normalized spacial score (nSPS) is 22.6. The van der Waals surface area contributed by atoms with Crippen LogP contribution in [0.5, 0.6) is 0 Å². The lowest BCUT2D eigenvalue weighted by atomic mass is 10.00. The molecular weight excluding hydrogens is 290 g/mol. The molecule has 5 nitrogen and oxygen atoms in total. The minimum absolute atomic E-state index is 0.0347. The lowest BCUT2D eigenvalue weighted by molar-refractivity contribution is -0.122. The highest BCUT2D eigenvalue weighted by molar-refractivity contribution is 5.76. The van der Waals surface area contributed by atoms with E-state index in [2.05, 4.69) is 39.8 Å². The SMILES string of the molecule is O=C(CC1CCCN1)NCC(O)CN1CCc2ccccc2C1. The first kappa shape index (κ1) is 16.4. The number of hydrogen-bond acceptors (Lipinski definition) is 4. The van der Waals surface area contributed by atoms with E-state index in [9.17, 15) is 9.90 Å². The van der Waals surface area contributed by atoms with E-state index in [1.165, 1.54) is 11.1 Å². The second-order valence-electron chi connectivity index (χ2n) is 6.71. The van der Waals surface area contributed by atoms with Gasteiger partial charge in [0.2, 0.25) is 5.91 Å². The van der Waals surface area contributed by atoms with Gasteiger partial charge in [0.1, 0.15) is 0 Å². The highest BCUT2D eigenvalue weighted by Gasteiger charge is 2.20. The largest absolute Gasteiger partial charge is 0.390 e. The van der Waals surface area contributed by atoms with E-state index < -0.39 is 6.10 Å². The van der Waals surface area contributed by atoms with Crippen LogP contribution >= 0.6 is 0 Å². The number of benzene rings is 1. The summed E-state index contributed by atoms with van der Waals surface area (Å²) >= 11 is 0. The molecule has 1 saturated heterocycles. The molecule has 3 N–H and O–H groups in total. The number of fused-ring (bicyclic) bond motifs is 1. The molecule has 0 spiro atoms. The molecule has 0 radical (unpaired) electrons. The van der Waals surface area contributed by atoms with Crippen molar-refractivity contribution in [1.29, 1.82) is 0 Å². The smallest absolute Gasteiger partial charge is 0.221 e. The molecule has 2 aliphatic heterocycles. The fourth-order valence-electron chi connectivity index (χ4n) is 3.53. The predicted octanol–water partition coefficient (Wildman–Crippen LogP) is 0.664. The topological polar surface area (TPSA) is 64.6 Å². The predicted molar refractivity (Wildman–Crippen MR) is 90.1 cm³/mol. The summed E-state index contributed by atoms with van der Waals surface area (Å²) in [4.78, 5) is 14.1. The number of rotatable bonds is 6. The zero-order chi connectivity index (χ0) is 16.1. The Balaban J connectivity index is 1.38. The number of aliphatic hydroxyl groups excluding tert-OH is 1. The van der Waals surface area contributed by atoms with Gasteiger partial charge in [0.15, 0.2) is 0 Å². The Hall–Kier alpha value is -1.43. The molecule has 5 heteroatoms. The highest BCUT2D eigenvalue weighted by atomic mass is 16.3. The van der Waals surface area contributed by atoms with Crippen LogP contribution in [0.2, 0.25) is 0 Å². The maximum Gasteiger partial charge on any atom is 0.221 e. The molecular formula is C18H27N3O2. The van der Waals surface area contributed by atoms with E-state index in [0.29, 0.717) is 25.6 Å². The van der Waals surface area contributed by atoms with Crippen molar-refractivity contribution in [2.24, 2.45) is 0 Å². The van der Waals surface area contributed by atoms with Crippen molar-refractivity contribution in [3.63, 3.8) is 0 Å². The number of carbonyl (C=O) groups excluding carboxylic acids is 1. The first-order valence-corrected chi connectivity index (χ1v) is 8.68. The highest BCUT2D eigenvalue weighted by Crippen LogP contribution is 2.18. The zero-order valence-electron chi connectivity index (χ0n) is 13.6. The Bertz CT molecular complexity index is 529. The molecule has 1 aromatic rings. The molecule has 0 saturated carbocycles. The Morgan fingerprint density at radius 3 is 3.00 bits per heavy atom. The summed E-state index contributed by atoms with van der Waals surface area (Å²) in [6.45, 7) is 3.80. The Morgan fingerprint density at radius 1 is 1.39 bits per heavy atom. The van der Waals surface area contributed by atoms with E-state index in [1.54, 1.807) is 0 Å². The van der Waals surface area contributed by atoms with Gasteiger partial charge in [-0.2, -0.15) is 0 Å². The molecule has 3 rings (SSSR count). The monoisotopic (exact) mass is 317 g/mol. The Kier molecular flexibility index (Phi) is 5.65. The van der Waals surface area contributed by atoms with E-state index in [4.69, 9.17) is 0 Å². The first-order valence-electron chi connectivity index (χ1n) is 8.68. The summed E-state index contributed by atoms with van der Waals surface area (Å²) < 4.78 is 0. The van der Waals surface area contributed by atoms with Gasteiger partial charge in [0, 0.05) is 38.6 Å². The summed E-state index contributed by atoms with van der Waals surface area (Å²) in [6.07, 6.45) is 3.26. The molecule has 0 aromatic heterocycles. The van der Waals surface area contributed by atoms with Gasteiger partial charge in [0.05, 0.1) is 6.10 Å². The third kappa shape index (κ3) is 4.77. The number of aliphatic hydroxyl groups is 1. The Morgan fingerprint density at radius 2 is 2.22 bits per heavy atom. The molecule has 2 aliphatic rings. The van der Waals surface area contributed by atoms with Gasteiger partial charge in [-0.15, -0.1) is 0 Å². The summed E-state index contributed by atoms with van der Waals surface area (Å²) in [7, 11) is 0. The number of nitrogens with one attached hydrogen (secondary N) is 2. The van der Waals surface area contributed by atoms with Crippen LogP contribution in [0, 0.1) is 0 Å². The lowest BCUT2D eigenvalue weighted by Gasteiger charge is -2.30. The molecule has 126 valence electrons. The van der Waals surface area contributed by atoms with Gasteiger partial charge in [-0.3, -0.25) is 9.69 Å². The van der Waals surface area contributed by atoms with Crippen LogP contribution in [-0.2, 0) is 17.8 Å². The molecule has 2 unspecified atom stereocenters. The second kappa shape index (κ2) is 7.90. The standard InChI is InChI=1S/C18H27N3O2/c22-17(11-20-18(23)10-16-6-3-8-19-16)13-21-9-7-14-4-1-2-5-15(14)12-21/h1-2,4-5,16-17,19,22H,3,6-13H2,(H,20,23). The van der Waals surface area contributed by atoms with Crippen LogP contribution in [0.15, 0.2) is 24.3 Å². The third-order valence-corrected chi connectivity index (χ3v) is 4.81. The number of nitrogens with zero attached hydrogens (tertiary/aromatic N) is 1. The van der Waals surface area contributed by atoms with Crippen LogP contribution in [0.4, 0.5) is 0 Å². The molecule has 0 aliphatic carbocycles. The van der Waals surface area contributed by atoms with Gasteiger partial charge in [-0.25, -0.2) is 0 Å². The van der Waals surface area contributed by atoms with Gasteiger partial charge in [0.25, 0.3) is 0 Å². The minimum Gasteiger partial charge on any atom is -0.390 e. The van der Waals surface area contributed by atoms with E-state index in [-0.39, 0.29) is 5.91 Å². The zero-order valence-corrected chi connectivity index (χ0v) is 13.6. The van der Waals surface area contributed by atoms with Crippen molar-refractivity contribution in [1.82, 2.24) is 15.5 Å². The summed E-state index contributed by atoms with van der Waals surface area (Å²) in [5.74, 6) is 0.0347. The fraction of sp³-hybridized carbons (Fsp3) is 0.611. The lowest BCUT2D eigenvalue weighted by Crippen LogP contribution is -2.42. The quantitative estimate of drug-likeness (QED) is 0.721. The molecule has 1 fully saturated rings.